The number of carbonyl (C=O) groups excluding carboxylic acids is 1. The number of carbonyl (C=O) groups is 1. The molecule has 0 saturated heterocycles. The third-order valence-electron chi connectivity index (χ3n) is 3.86. The number of aromatic nitrogens is 3. The van der Waals surface area contributed by atoms with Gasteiger partial charge in [-0.2, -0.15) is 4.98 Å². The first-order chi connectivity index (χ1) is 11.6. The van der Waals surface area contributed by atoms with E-state index in [2.05, 4.69) is 21.6 Å². The lowest BCUT2D eigenvalue weighted by Gasteiger charge is -2.05. The molecular weight excluding hydrogens is 342 g/mol. The molecule has 0 aliphatic carbocycles. The summed E-state index contributed by atoms with van der Waals surface area (Å²) in [5.41, 5.74) is 2.98. The summed E-state index contributed by atoms with van der Waals surface area (Å²) in [6.07, 6.45) is 0. The summed E-state index contributed by atoms with van der Waals surface area (Å²) in [5.74, 6) is 2.25. The van der Waals surface area contributed by atoms with Crippen LogP contribution in [0.15, 0.2) is 28.1 Å². The standard InChI is InChI=1S/C17H19N3O2S2/c1-4-20-11(2)8-13(12(20)3)14(21)9-23-10-16-18-17(19-22-16)15-6-5-7-24-15/h5-8H,4,9-10H2,1-3H3. The van der Waals surface area contributed by atoms with E-state index in [1.807, 2.05) is 37.4 Å². The van der Waals surface area contributed by atoms with Crippen molar-refractivity contribution in [1.82, 2.24) is 14.7 Å². The smallest absolute Gasteiger partial charge is 0.236 e. The van der Waals surface area contributed by atoms with E-state index in [9.17, 15) is 4.79 Å². The molecular formula is C17H19N3O2S2. The number of nitrogens with zero attached hydrogens (tertiary/aromatic N) is 3. The Kier molecular flexibility index (Phi) is 5.20. The number of rotatable bonds is 7. The van der Waals surface area contributed by atoms with E-state index in [-0.39, 0.29) is 5.78 Å². The van der Waals surface area contributed by atoms with Gasteiger partial charge in [-0.25, -0.2) is 0 Å². The molecule has 3 aromatic heterocycles. The monoisotopic (exact) mass is 361 g/mol. The zero-order valence-electron chi connectivity index (χ0n) is 13.9. The Hall–Kier alpha value is -1.86. The minimum atomic E-state index is 0.144. The van der Waals surface area contributed by atoms with Crippen molar-refractivity contribution in [2.45, 2.75) is 33.1 Å². The predicted octanol–water partition coefficient (Wildman–Crippen LogP) is 4.35. The van der Waals surface area contributed by atoms with E-state index < -0.39 is 0 Å². The van der Waals surface area contributed by atoms with Crippen LogP contribution in [-0.4, -0.2) is 26.2 Å². The van der Waals surface area contributed by atoms with Gasteiger partial charge in [0.2, 0.25) is 11.7 Å². The van der Waals surface area contributed by atoms with E-state index in [0.717, 1.165) is 28.4 Å². The van der Waals surface area contributed by atoms with Crippen LogP contribution in [0.1, 0.15) is 34.6 Å². The fourth-order valence-corrected chi connectivity index (χ4v) is 4.08. The number of thiophene rings is 1. The van der Waals surface area contributed by atoms with Crippen molar-refractivity contribution in [3.63, 3.8) is 0 Å². The first kappa shape index (κ1) is 17.0. The number of aryl methyl sites for hydroxylation is 1. The van der Waals surface area contributed by atoms with Gasteiger partial charge in [-0.05, 0) is 38.3 Å². The van der Waals surface area contributed by atoms with Gasteiger partial charge in [0.05, 0.1) is 16.4 Å². The lowest BCUT2D eigenvalue weighted by Crippen LogP contribution is -2.06. The number of hydrogen-bond donors (Lipinski definition) is 0. The molecule has 0 atom stereocenters. The van der Waals surface area contributed by atoms with Crippen LogP contribution < -0.4 is 0 Å². The van der Waals surface area contributed by atoms with Crippen LogP contribution >= 0.6 is 23.1 Å². The molecule has 0 fully saturated rings. The van der Waals surface area contributed by atoms with Crippen molar-refractivity contribution in [3.05, 3.63) is 46.4 Å². The highest BCUT2D eigenvalue weighted by Gasteiger charge is 2.16. The molecule has 7 heteroatoms. The van der Waals surface area contributed by atoms with Crippen LogP contribution in [0.2, 0.25) is 0 Å². The summed E-state index contributed by atoms with van der Waals surface area (Å²) in [5, 5.41) is 5.96. The second-order valence-corrected chi connectivity index (χ2v) is 7.37. The summed E-state index contributed by atoms with van der Waals surface area (Å²) in [7, 11) is 0. The maximum Gasteiger partial charge on any atom is 0.236 e. The Labute approximate surface area is 149 Å². The molecule has 0 saturated carbocycles. The van der Waals surface area contributed by atoms with Crippen LogP contribution in [0.5, 0.6) is 0 Å². The minimum Gasteiger partial charge on any atom is -0.349 e. The normalized spacial score (nSPS) is 11.1. The SMILES string of the molecule is CCn1c(C)cc(C(=O)CSCc2nc(-c3cccs3)no2)c1C. The number of hydrogen-bond acceptors (Lipinski definition) is 6. The molecule has 5 nitrogen and oxygen atoms in total. The van der Waals surface area contributed by atoms with Crippen LogP contribution in [0, 0.1) is 13.8 Å². The highest BCUT2D eigenvalue weighted by Crippen LogP contribution is 2.23. The van der Waals surface area contributed by atoms with Crippen LogP contribution in [-0.2, 0) is 12.3 Å². The lowest BCUT2D eigenvalue weighted by atomic mass is 10.2. The van der Waals surface area contributed by atoms with Crippen molar-refractivity contribution in [3.8, 4) is 10.7 Å². The summed E-state index contributed by atoms with van der Waals surface area (Å²) >= 11 is 3.07. The van der Waals surface area contributed by atoms with Crippen molar-refractivity contribution in [2.75, 3.05) is 5.75 Å². The molecule has 126 valence electrons. The minimum absolute atomic E-state index is 0.144. The van der Waals surface area contributed by atoms with Gasteiger partial charge in [0, 0.05) is 23.5 Å². The van der Waals surface area contributed by atoms with Crippen LogP contribution in [0.4, 0.5) is 0 Å². The van der Waals surface area contributed by atoms with E-state index in [4.69, 9.17) is 4.52 Å². The average molecular weight is 361 g/mol. The van der Waals surface area contributed by atoms with Gasteiger partial charge in [-0.15, -0.1) is 23.1 Å². The van der Waals surface area contributed by atoms with Gasteiger partial charge in [0.15, 0.2) is 5.78 Å². The summed E-state index contributed by atoms with van der Waals surface area (Å²) in [6, 6.07) is 5.89. The fourth-order valence-electron chi connectivity index (χ4n) is 2.70. The Morgan fingerprint density at radius 3 is 2.92 bits per heavy atom. The number of Topliss-reactive ketones (excluding diaryl/α,β-unsaturated/α-hetero) is 1. The van der Waals surface area contributed by atoms with Gasteiger partial charge >= 0.3 is 0 Å². The number of ketones is 1. The summed E-state index contributed by atoms with van der Waals surface area (Å²) in [4.78, 5) is 17.8. The highest BCUT2D eigenvalue weighted by atomic mass is 32.2. The zero-order chi connectivity index (χ0) is 17.1. The second-order valence-electron chi connectivity index (χ2n) is 5.43. The van der Waals surface area contributed by atoms with Crippen molar-refractivity contribution < 1.29 is 9.32 Å². The highest BCUT2D eigenvalue weighted by molar-refractivity contribution is 7.99. The summed E-state index contributed by atoms with van der Waals surface area (Å²) in [6.45, 7) is 7.00. The fraction of sp³-hybridized carbons (Fsp3) is 0.353. The molecule has 0 spiro atoms. The number of thioether (sulfide) groups is 1. The van der Waals surface area contributed by atoms with E-state index in [1.54, 1.807) is 11.3 Å². The van der Waals surface area contributed by atoms with Crippen molar-refractivity contribution in [2.24, 2.45) is 0 Å². The zero-order valence-corrected chi connectivity index (χ0v) is 15.5. The van der Waals surface area contributed by atoms with Gasteiger partial charge in [0.25, 0.3) is 0 Å². The maximum absolute atomic E-state index is 12.4. The van der Waals surface area contributed by atoms with E-state index in [1.165, 1.54) is 11.8 Å². The third kappa shape index (κ3) is 3.47. The van der Waals surface area contributed by atoms with E-state index >= 15 is 0 Å². The average Bonchev–Trinajstić information content (AvgIpc) is 3.27. The molecule has 0 aliphatic rings. The Bertz CT molecular complexity index is 834. The molecule has 3 rings (SSSR count). The van der Waals surface area contributed by atoms with Gasteiger partial charge < -0.3 is 9.09 Å². The Balaban J connectivity index is 1.58. The van der Waals surface area contributed by atoms with Crippen molar-refractivity contribution >= 4 is 28.9 Å². The second kappa shape index (κ2) is 7.36. The molecule has 24 heavy (non-hydrogen) atoms. The molecule has 0 bridgehead atoms. The van der Waals surface area contributed by atoms with E-state index in [0.29, 0.717) is 23.2 Å². The topological polar surface area (TPSA) is 60.9 Å². The molecule has 0 aliphatic heterocycles. The van der Waals surface area contributed by atoms with Gasteiger partial charge in [-0.3, -0.25) is 4.79 Å². The molecule has 0 aromatic carbocycles. The molecule has 0 radical (unpaired) electrons. The molecule has 0 N–H and O–H groups in total. The largest absolute Gasteiger partial charge is 0.349 e. The third-order valence-corrected chi connectivity index (χ3v) is 5.64. The molecule has 3 heterocycles. The first-order valence-corrected chi connectivity index (χ1v) is 9.77. The van der Waals surface area contributed by atoms with Crippen molar-refractivity contribution in [1.29, 1.82) is 0 Å². The Morgan fingerprint density at radius 2 is 2.25 bits per heavy atom. The Morgan fingerprint density at radius 1 is 1.42 bits per heavy atom. The lowest BCUT2D eigenvalue weighted by molar-refractivity contribution is 0.102. The predicted molar refractivity (Wildman–Crippen MR) is 97.7 cm³/mol. The maximum atomic E-state index is 12.4. The quantitative estimate of drug-likeness (QED) is 0.585. The van der Waals surface area contributed by atoms with Gasteiger partial charge in [0.1, 0.15) is 0 Å². The molecule has 3 aromatic rings. The van der Waals surface area contributed by atoms with Crippen LogP contribution in [0.3, 0.4) is 0 Å². The van der Waals surface area contributed by atoms with Crippen LogP contribution in [0.25, 0.3) is 10.7 Å². The molecule has 0 unspecified atom stereocenters. The molecule has 0 amide bonds. The first-order valence-electron chi connectivity index (χ1n) is 7.74. The summed E-state index contributed by atoms with van der Waals surface area (Å²) < 4.78 is 7.41. The van der Waals surface area contributed by atoms with Gasteiger partial charge in [-0.1, -0.05) is 11.2 Å².